The Hall–Kier alpha value is -0.860. The fraction of sp³-hybridized carbons (Fsp3) is 0.571. The molecular weight excluding hydrogens is 198 g/mol. The Morgan fingerprint density at radius 3 is 2.81 bits per heavy atom. The third kappa shape index (κ3) is 3.06. The number of hydrogen-bond acceptors (Lipinski definition) is 2. The Bertz CT molecular complexity index is 312. The van der Waals surface area contributed by atoms with Gasteiger partial charge in [-0.05, 0) is 30.9 Å². The van der Waals surface area contributed by atoms with E-state index < -0.39 is 0 Å². The number of aliphatic hydroxyl groups is 1. The first-order chi connectivity index (χ1) is 7.75. The number of β-amino-alcohol motifs (C(OH)–C–C–N with tert-alkyl or cyclic N) is 1. The van der Waals surface area contributed by atoms with Crippen LogP contribution in [0.4, 0.5) is 0 Å². The summed E-state index contributed by atoms with van der Waals surface area (Å²) in [6.45, 7) is 5.29. The van der Waals surface area contributed by atoms with Crippen molar-refractivity contribution in [1.29, 1.82) is 0 Å². The molecule has 1 aromatic rings. The molecule has 2 atom stereocenters. The molecule has 0 amide bonds. The van der Waals surface area contributed by atoms with Gasteiger partial charge in [0.2, 0.25) is 0 Å². The summed E-state index contributed by atoms with van der Waals surface area (Å²) in [5, 5.41) is 9.62. The second-order valence-electron chi connectivity index (χ2n) is 4.87. The second-order valence-corrected chi connectivity index (χ2v) is 4.87. The summed E-state index contributed by atoms with van der Waals surface area (Å²) in [7, 11) is 0. The molecule has 2 nitrogen and oxygen atoms in total. The van der Waals surface area contributed by atoms with E-state index in [1.807, 2.05) is 0 Å². The zero-order valence-electron chi connectivity index (χ0n) is 9.97. The summed E-state index contributed by atoms with van der Waals surface area (Å²) in [4.78, 5) is 2.38. The number of piperidine rings is 1. The Morgan fingerprint density at radius 2 is 2.12 bits per heavy atom. The van der Waals surface area contributed by atoms with Crippen molar-refractivity contribution in [3.05, 3.63) is 35.9 Å². The summed E-state index contributed by atoms with van der Waals surface area (Å²) in [5.41, 5.74) is 1.39. The molecule has 0 radical (unpaired) electrons. The van der Waals surface area contributed by atoms with Gasteiger partial charge in [0.05, 0.1) is 6.10 Å². The molecule has 1 N–H and O–H groups in total. The number of hydrogen-bond donors (Lipinski definition) is 1. The van der Waals surface area contributed by atoms with E-state index in [9.17, 15) is 5.11 Å². The molecule has 1 aromatic carbocycles. The predicted octanol–water partition coefficient (Wildman–Crippen LogP) is 2.25. The molecule has 1 aliphatic heterocycles. The molecule has 2 rings (SSSR count). The molecule has 1 saturated heterocycles. The van der Waals surface area contributed by atoms with Crippen molar-refractivity contribution in [2.45, 2.75) is 31.8 Å². The van der Waals surface area contributed by atoms with Crippen molar-refractivity contribution >= 4 is 0 Å². The molecule has 0 aliphatic carbocycles. The highest BCUT2D eigenvalue weighted by Crippen LogP contribution is 2.18. The van der Waals surface area contributed by atoms with E-state index in [0.29, 0.717) is 5.92 Å². The normalized spacial score (nSPS) is 24.2. The molecule has 0 unspecified atom stereocenters. The predicted molar refractivity (Wildman–Crippen MR) is 66.5 cm³/mol. The third-order valence-electron chi connectivity index (χ3n) is 3.38. The first kappa shape index (κ1) is 11.6. The molecule has 0 saturated carbocycles. The highest BCUT2D eigenvalue weighted by molar-refractivity contribution is 5.19. The molecular formula is C14H21NO. The van der Waals surface area contributed by atoms with Crippen LogP contribution in [-0.4, -0.2) is 35.7 Å². The summed E-state index contributed by atoms with van der Waals surface area (Å²) < 4.78 is 0. The van der Waals surface area contributed by atoms with Crippen molar-refractivity contribution in [2.75, 3.05) is 19.6 Å². The third-order valence-corrected chi connectivity index (χ3v) is 3.38. The van der Waals surface area contributed by atoms with Crippen LogP contribution in [0, 0.1) is 0 Å². The van der Waals surface area contributed by atoms with Gasteiger partial charge in [-0.15, -0.1) is 0 Å². The van der Waals surface area contributed by atoms with Gasteiger partial charge in [-0.2, -0.15) is 0 Å². The zero-order chi connectivity index (χ0) is 11.4. The van der Waals surface area contributed by atoms with Crippen molar-refractivity contribution < 1.29 is 5.11 Å². The summed E-state index contributed by atoms with van der Waals surface area (Å²) >= 11 is 0. The number of nitrogens with zero attached hydrogens (tertiary/aromatic N) is 1. The molecule has 2 heteroatoms. The Labute approximate surface area is 97.9 Å². The highest BCUT2D eigenvalue weighted by Gasteiger charge is 2.19. The van der Waals surface area contributed by atoms with Crippen LogP contribution in [0.25, 0.3) is 0 Å². The fourth-order valence-electron chi connectivity index (χ4n) is 2.47. The van der Waals surface area contributed by atoms with Crippen LogP contribution < -0.4 is 0 Å². The van der Waals surface area contributed by atoms with Gasteiger partial charge in [0.1, 0.15) is 0 Å². The first-order valence-corrected chi connectivity index (χ1v) is 6.21. The van der Waals surface area contributed by atoms with Crippen LogP contribution in [0.1, 0.15) is 31.2 Å². The molecule has 88 valence electrons. The van der Waals surface area contributed by atoms with E-state index in [1.165, 1.54) is 5.56 Å². The number of rotatable bonds is 3. The van der Waals surface area contributed by atoms with E-state index >= 15 is 0 Å². The largest absolute Gasteiger partial charge is 0.392 e. The van der Waals surface area contributed by atoms with Gasteiger partial charge in [-0.25, -0.2) is 0 Å². The van der Waals surface area contributed by atoms with Gasteiger partial charge < -0.3 is 10.0 Å². The maximum Gasteiger partial charge on any atom is 0.0667 e. The second kappa shape index (κ2) is 5.46. The van der Waals surface area contributed by atoms with Gasteiger partial charge >= 0.3 is 0 Å². The van der Waals surface area contributed by atoms with E-state index in [4.69, 9.17) is 0 Å². The van der Waals surface area contributed by atoms with Gasteiger partial charge in [-0.3, -0.25) is 0 Å². The van der Waals surface area contributed by atoms with E-state index in [1.54, 1.807) is 0 Å². The average molecular weight is 219 g/mol. The monoisotopic (exact) mass is 219 g/mol. The summed E-state index contributed by atoms with van der Waals surface area (Å²) in [6.07, 6.45) is 1.98. The van der Waals surface area contributed by atoms with Crippen LogP contribution in [0.3, 0.4) is 0 Å². The minimum atomic E-state index is -0.114. The smallest absolute Gasteiger partial charge is 0.0667 e. The molecule has 0 spiro atoms. The van der Waals surface area contributed by atoms with Gasteiger partial charge in [0.15, 0.2) is 0 Å². The molecule has 1 fully saturated rings. The maximum atomic E-state index is 9.62. The average Bonchev–Trinajstić information content (AvgIpc) is 2.30. The topological polar surface area (TPSA) is 23.5 Å². The highest BCUT2D eigenvalue weighted by atomic mass is 16.3. The van der Waals surface area contributed by atoms with Crippen molar-refractivity contribution in [3.8, 4) is 0 Å². The molecule has 1 heterocycles. The number of aliphatic hydroxyl groups excluding tert-OH is 1. The van der Waals surface area contributed by atoms with Gasteiger partial charge in [-0.1, -0.05) is 37.3 Å². The lowest BCUT2D eigenvalue weighted by atomic mass is 9.99. The number of benzene rings is 1. The van der Waals surface area contributed by atoms with Crippen molar-refractivity contribution in [1.82, 2.24) is 4.90 Å². The first-order valence-electron chi connectivity index (χ1n) is 6.21. The van der Waals surface area contributed by atoms with Crippen LogP contribution in [0.2, 0.25) is 0 Å². The molecule has 1 aliphatic rings. The zero-order valence-corrected chi connectivity index (χ0v) is 9.97. The van der Waals surface area contributed by atoms with Crippen molar-refractivity contribution in [2.24, 2.45) is 0 Å². The van der Waals surface area contributed by atoms with Gasteiger partial charge in [0.25, 0.3) is 0 Å². The Kier molecular flexibility index (Phi) is 3.97. The Morgan fingerprint density at radius 1 is 1.38 bits per heavy atom. The van der Waals surface area contributed by atoms with E-state index in [0.717, 1.165) is 32.5 Å². The molecule has 0 aromatic heterocycles. The lowest BCUT2D eigenvalue weighted by Crippen LogP contribution is -2.40. The summed E-state index contributed by atoms with van der Waals surface area (Å²) in [6, 6.07) is 10.6. The summed E-state index contributed by atoms with van der Waals surface area (Å²) in [5.74, 6) is 0.548. The van der Waals surface area contributed by atoms with Crippen molar-refractivity contribution in [3.63, 3.8) is 0 Å². The minimum Gasteiger partial charge on any atom is -0.392 e. The number of likely N-dealkylation sites (tertiary alicyclic amines) is 1. The lowest BCUT2D eigenvalue weighted by Gasteiger charge is -2.32. The van der Waals surface area contributed by atoms with E-state index in [2.05, 4.69) is 42.2 Å². The minimum absolute atomic E-state index is 0.114. The molecule has 0 bridgehead atoms. The fourth-order valence-corrected chi connectivity index (χ4v) is 2.47. The molecule has 16 heavy (non-hydrogen) atoms. The van der Waals surface area contributed by atoms with Crippen LogP contribution >= 0.6 is 0 Å². The van der Waals surface area contributed by atoms with Crippen LogP contribution in [0.15, 0.2) is 30.3 Å². The SMILES string of the molecule is C[C@@H](CN1CCC[C@H](O)C1)c1ccccc1. The van der Waals surface area contributed by atoms with Crippen LogP contribution in [-0.2, 0) is 0 Å². The Balaban J connectivity index is 1.89. The maximum absolute atomic E-state index is 9.62. The van der Waals surface area contributed by atoms with E-state index in [-0.39, 0.29) is 6.10 Å². The standard InChI is InChI=1S/C14H21NO/c1-12(13-6-3-2-4-7-13)10-15-9-5-8-14(16)11-15/h2-4,6-7,12,14,16H,5,8-11H2,1H3/t12-,14-/m0/s1. The van der Waals surface area contributed by atoms with Gasteiger partial charge in [0, 0.05) is 13.1 Å². The lowest BCUT2D eigenvalue weighted by molar-refractivity contribution is 0.0682. The quantitative estimate of drug-likeness (QED) is 0.843. The van der Waals surface area contributed by atoms with Crippen LogP contribution in [0.5, 0.6) is 0 Å².